The molecule has 7 atom stereocenters. The lowest BCUT2D eigenvalue weighted by atomic mass is 9.99. The first-order chi connectivity index (χ1) is 17.1. The SMILES string of the molecule is COc1ccc(CC(C)NCC(O)c2ccc(O)c(CO[C@@H]3OC(C(=O)O)[C@H](O)[C@H](O)C3O)c2)cc1. The van der Waals surface area contributed by atoms with Crippen molar-refractivity contribution in [1.82, 2.24) is 5.32 Å². The van der Waals surface area contributed by atoms with Gasteiger partial charge in [-0.2, -0.15) is 0 Å². The number of phenolic OH excluding ortho intramolecular Hbond substituents is 1. The van der Waals surface area contributed by atoms with Gasteiger partial charge in [-0.15, -0.1) is 0 Å². The highest BCUT2D eigenvalue weighted by Crippen LogP contribution is 2.27. The molecule has 7 N–H and O–H groups in total. The van der Waals surface area contributed by atoms with Crippen molar-refractivity contribution in [3.8, 4) is 11.5 Å². The van der Waals surface area contributed by atoms with E-state index in [1.807, 2.05) is 31.2 Å². The van der Waals surface area contributed by atoms with Gasteiger partial charge in [0.15, 0.2) is 12.4 Å². The number of carbonyl (C=O) groups is 1. The summed E-state index contributed by atoms with van der Waals surface area (Å²) in [5, 5.41) is 63.0. The summed E-state index contributed by atoms with van der Waals surface area (Å²) in [5.41, 5.74) is 1.87. The molecular weight excluding hydrogens is 474 g/mol. The molecule has 3 rings (SSSR count). The number of aliphatic hydroxyl groups excluding tert-OH is 4. The van der Waals surface area contributed by atoms with Crippen molar-refractivity contribution < 1.29 is 49.6 Å². The zero-order valence-electron chi connectivity index (χ0n) is 20.0. The van der Waals surface area contributed by atoms with Crippen LogP contribution in [0.15, 0.2) is 42.5 Å². The van der Waals surface area contributed by atoms with Gasteiger partial charge in [-0.05, 0) is 48.7 Å². The fraction of sp³-hybridized carbons (Fsp3) is 0.480. The fourth-order valence-corrected chi connectivity index (χ4v) is 3.91. The van der Waals surface area contributed by atoms with Crippen molar-refractivity contribution in [1.29, 1.82) is 0 Å². The highest BCUT2D eigenvalue weighted by Gasteiger charge is 2.47. The first kappa shape index (κ1) is 27.8. The number of methoxy groups -OCH3 is 1. The van der Waals surface area contributed by atoms with Gasteiger partial charge in [-0.25, -0.2) is 4.79 Å². The molecule has 0 saturated carbocycles. The molecule has 1 fully saturated rings. The van der Waals surface area contributed by atoms with E-state index < -0.39 is 42.8 Å². The summed E-state index contributed by atoms with van der Waals surface area (Å²) in [4.78, 5) is 11.2. The fourth-order valence-electron chi connectivity index (χ4n) is 3.91. The third-order valence-corrected chi connectivity index (χ3v) is 6.07. The number of aromatic hydroxyl groups is 1. The number of rotatable bonds is 11. The summed E-state index contributed by atoms with van der Waals surface area (Å²) >= 11 is 0. The lowest BCUT2D eigenvalue weighted by Crippen LogP contribution is -2.60. The quantitative estimate of drug-likeness (QED) is 0.219. The molecule has 198 valence electrons. The minimum Gasteiger partial charge on any atom is -0.508 e. The molecule has 0 spiro atoms. The summed E-state index contributed by atoms with van der Waals surface area (Å²) in [6, 6.07) is 12.3. The normalized spacial score (nSPS) is 25.8. The summed E-state index contributed by atoms with van der Waals surface area (Å²) in [6.45, 7) is 1.93. The van der Waals surface area contributed by atoms with Crippen LogP contribution in [0.5, 0.6) is 11.5 Å². The monoisotopic (exact) mass is 507 g/mol. The number of ether oxygens (including phenoxy) is 3. The topological polar surface area (TPSA) is 178 Å². The molecule has 0 bridgehead atoms. The van der Waals surface area contributed by atoms with E-state index in [4.69, 9.17) is 19.3 Å². The predicted octanol–water partition coefficient (Wildman–Crippen LogP) is 0.0638. The Morgan fingerprint density at radius 2 is 1.78 bits per heavy atom. The standard InChI is InChI=1S/C25H33NO10/c1-13(9-14-3-6-17(34-2)7-4-14)26-11-19(28)15-5-8-18(27)16(10-15)12-35-25-22(31)20(29)21(30)23(36-25)24(32)33/h3-8,10,13,19-23,25-31H,9,11-12H2,1-2H3,(H,32,33)/t13?,19?,20-,21+,22?,23?,25+/m0/s1. The van der Waals surface area contributed by atoms with E-state index in [1.54, 1.807) is 13.2 Å². The van der Waals surface area contributed by atoms with E-state index in [-0.39, 0.29) is 30.5 Å². The third kappa shape index (κ3) is 6.92. The molecule has 36 heavy (non-hydrogen) atoms. The van der Waals surface area contributed by atoms with Crippen molar-refractivity contribution in [2.45, 2.75) is 62.8 Å². The van der Waals surface area contributed by atoms with Crippen LogP contribution in [0.3, 0.4) is 0 Å². The highest BCUT2D eigenvalue weighted by atomic mass is 16.7. The van der Waals surface area contributed by atoms with Crippen molar-refractivity contribution in [3.63, 3.8) is 0 Å². The van der Waals surface area contributed by atoms with Gasteiger partial charge >= 0.3 is 5.97 Å². The van der Waals surface area contributed by atoms with Gasteiger partial charge in [0, 0.05) is 18.2 Å². The Morgan fingerprint density at radius 3 is 2.42 bits per heavy atom. The van der Waals surface area contributed by atoms with Crippen LogP contribution in [0.4, 0.5) is 0 Å². The van der Waals surface area contributed by atoms with Crippen LogP contribution in [0.1, 0.15) is 29.7 Å². The van der Waals surface area contributed by atoms with Gasteiger partial charge in [0.25, 0.3) is 0 Å². The first-order valence-electron chi connectivity index (χ1n) is 11.5. The van der Waals surface area contributed by atoms with Gasteiger partial charge < -0.3 is 50.2 Å². The third-order valence-electron chi connectivity index (χ3n) is 6.07. The Hall–Kier alpha value is -2.77. The Morgan fingerprint density at radius 1 is 1.08 bits per heavy atom. The molecule has 11 nitrogen and oxygen atoms in total. The first-order valence-corrected chi connectivity index (χ1v) is 11.5. The molecule has 2 aromatic rings. The maximum Gasteiger partial charge on any atom is 0.335 e. The van der Waals surface area contributed by atoms with Gasteiger partial charge in [-0.1, -0.05) is 18.2 Å². The van der Waals surface area contributed by atoms with E-state index in [2.05, 4.69) is 5.32 Å². The highest BCUT2D eigenvalue weighted by molar-refractivity contribution is 5.73. The van der Waals surface area contributed by atoms with Crippen LogP contribution in [0, 0.1) is 0 Å². The molecule has 4 unspecified atom stereocenters. The molecule has 1 saturated heterocycles. The smallest absolute Gasteiger partial charge is 0.335 e. The molecule has 0 amide bonds. The average molecular weight is 508 g/mol. The summed E-state index contributed by atoms with van der Waals surface area (Å²) in [6.07, 6.45) is -8.83. The maximum atomic E-state index is 11.2. The Kier molecular flexibility index (Phi) is 9.63. The van der Waals surface area contributed by atoms with Crippen LogP contribution in [-0.4, -0.2) is 87.0 Å². The lowest BCUT2D eigenvalue weighted by Gasteiger charge is -2.38. The number of hydrogen-bond acceptors (Lipinski definition) is 10. The lowest BCUT2D eigenvalue weighted by molar-refractivity contribution is -0.297. The zero-order chi connectivity index (χ0) is 26.4. The van der Waals surface area contributed by atoms with E-state index in [0.717, 1.165) is 17.7 Å². The molecule has 0 aliphatic carbocycles. The molecule has 2 aromatic carbocycles. The van der Waals surface area contributed by atoms with Crippen molar-refractivity contribution in [3.05, 3.63) is 59.2 Å². The summed E-state index contributed by atoms with van der Waals surface area (Å²) in [7, 11) is 1.61. The van der Waals surface area contributed by atoms with Crippen molar-refractivity contribution in [2.24, 2.45) is 0 Å². The Balaban J connectivity index is 1.56. The van der Waals surface area contributed by atoms with Crippen LogP contribution < -0.4 is 10.1 Å². The molecule has 0 radical (unpaired) electrons. The van der Waals surface area contributed by atoms with Crippen LogP contribution in [0.2, 0.25) is 0 Å². The number of phenols is 1. The largest absolute Gasteiger partial charge is 0.508 e. The van der Waals surface area contributed by atoms with Crippen LogP contribution >= 0.6 is 0 Å². The maximum absolute atomic E-state index is 11.2. The second-order valence-corrected chi connectivity index (χ2v) is 8.81. The van der Waals surface area contributed by atoms with Gasteiger partial charge in [0.1, 0.15) is 29.8 Å². The molecule has 1 aliphatic heterocycles. The second kappa shape index (κ2) is 12.5. The van der Waals surface area contributed by atoms with Crippen molar-refractivity contribution >= 4 is 5.97 Å². The molecule has 0 aromatic heterocycles. The van der Waals surface area contributed by atoms with Crippen LogP contribution in [-0.2, 0) is 27.3 Å². The van der Waals surface area contributed by atoms with Gasteiger partial charge in [0.2, 0.25) is 0 Å². The molecule has 11 heteroatoms. The second-order valence-electron chi connectivity index (χ2n) is 8.81. The van der Waals surface area contributed by atoms with Gasteiger partial charge in [-0.3, -0.25) is 0 Å². The summed E-state index contributed by atoms with van der Waals surface area (Å²) in [5.74, 6) is -0.891. The number of aliphatic hydroxyl groups is 4. The molecular formula is C25H33NO10. The number of benzene rings is 2. The average Bonchev–Trinajstić information content (AvgIpc) is 2.86. The van der Waals surface area contributed by atoms with E-state index in [0.29, 0.717) is 5.56 Å². The van der Waals surface area contributed by atoms with E-state index in [9.17, 15) is 30.3 Å². The van der Waals surface area contributed by atoms with E-state index >= 15 is 0 Å². The number of nitrogens with one attached hydrogen (secondary N) is 1. The number of hydrogen-bond donors (Lipinski definition) is 7. The summed E-state index contributed by atoms with van der Waals surface area (Å²) < 4.78 is 15.6. The van der Waals surface area contributed by atoms with E-state index in [1.165, 1.54) is 12.1 Å². The number of aliphatic carboxylic acids is 1. The molecule has 1 aliphatic rings. The Bertz CT molecular complexity index is 1000. The van der Waals surface area contributed by atoms with Gasteiger partial charge in [0.05, 0.1) is 19.8 Å². The minimum atomic E-state index is -1.83. The number of carboxylic acids is 1. The number of carboxylic acid groups (broad SMARTS) is 1. The van der Waals surface area contributed by atoms with Crippen molar-refractivity contribution in [2.75, 3.05) is 13.7 Å². The van der Waals surface area contributed by atoms with Crippen LogP contribution in [0.25, 0.3) is 0 Å². The Labute approximate surface area is 208 Å². The minimum absolute atomic E-state index is 0.0712. The molecule has 1 heterocycles. The predicted molar refractivity (Wildman–Crippen MR) is 126 cm³/mol. The zero-order valence-corrected chi connectivity index (χ0v) is 20.0.